The summed E-state index contributed by atoms with van der Waals surface area (Å²) in [7, 11) is 0. The maximum Gasteiger partial charge on any atom is 0.167 e. The smallest absolute Gasteiger partial charge is 0.167 e. The topological polar surface area (TPSA) is 47.0 Å². The number of nitrogens with zero attached hydrogens (tertiary/aromatic N) is 2. The highest BCUT2D eigenvalue weighted by atomic mass is 35.5. The molecule has 0 saturated heterocycles. The Morgan fingerprint density at radius 1 is 0.931 bits per heavy atom. The summed E-state index contributed by atoms with van der Waals surface area (Å²) in [6, 6.07) is 12.8. The molecule has 4 rings (SSSR count). The van der Waals surface area contributed by atoms with Gasteiger partial charge in [-0.15, -0.1) is 0 Å². The van der Waals surface area contributed by atoms with Crippen LogP contribution in [0.5, 0.6) is 5.75 Å². The monoisotopic (exact) mass is 415 g/mol. The Morgan fingerprint density at radius 3 is 2.59 bits per heavy atom. The van der Waals surface area contributed by atoms with Crippen molar-refractivity contribution in [1.29, 1.82) is 0 Å². The Labute approximate surface area is 168 Å². The molecule has 0 aliphatic heterocycles. The Balaban J connectivity index is 1.54. The molecule has 0 amide bonds. The van der Waals surface area contributed by atoms with Gasteiger partial charge in [0.05, 0.1) is 10.5 Å². The molecule has 0 aliphatic rings. The maximum absolute atomic E-state index is 14.4. The molecule has 0 saturated carbocycles. The summed E-state index contributed by atoms with van der Waals surface area (Å²) >= 11 is 5.85. The molecule has 3 aromatic carbocycles. The molecule has 1 aromatic heterocycles. The molecule has 1 heterocycles. The normalized spacial score (nSPS) is 10.9. The van der Waals surface area contributed by atoms with E-state index in [-0.39, 0.29) is 23.2 Å². The van der Waals surface area contributed by atoms with Gasteiger partial charge in [0.1, 0.15) is 30.4 Å². The first-order valence-corrected chi connectivity index (χ1v) is 8.91. The predicted octanol–water partition coefficient (Wildman–Crippen LogP) is 6.02. The molecule has 146 valence electrons. The van der Waals surface area contributed by atoms with Crippen molar-refractivity contribution in [2.45, 2.75) is 6.61 Å². The number of benzene rings is 3. The van der Waals surface area contributed by atoms with E-state index in [9.17, 15) is 13.2 Å². The molecular weight excluding hydrogens is 403 g/mol. The number of nitrogens with one attached hydrogen (secondary N) is 1. The van der Waals surface area contributed by atoms with Crippen LogP contribution in [0.25, 0.3) is 10.9 Å². The zero-order valence-electron chi connectivity index (χ0n) is 14.8. The van der Waals surface area contributed by atoms with Gasteiger partial charge in [0, 0.05) is 23.2 Å². The average molecular weight is 416 g/mol. The quantitative estimate of drug-likeness (QED) is 0.432. The largest absolute Gasteiger partial charge is 0.486 e. The van der Waals surface area contributed by atoms with Gasteiger partial charge in [-0.1, -0.05) is 23.7 Å². The van der Waals surface area contributed by atoms with Crippen LogP contribution in [0, 0.1) is 17.5 Å². The number of anilines is 2. The van der Waals surface area contributed by atoms with Gasteiger partial charge in [-0.25, -0.2) is 23.1 Å². The lowest BCUT2D eigenvalue weighted by Gasteiger charge is -2.11. The van der Waals surface area contributed by atoms with E-state index in [1.807, 2.05) is 0 Å². The van der Waals surface area contributed by atoms with E-state index < -0.39 is 11.6 Å². The lowest BCUT2D eigenvalue weighted by atomic mass is 10.2. The number of rotatable bonds is 5. The van der Waals surface area contributed by atoms with Crippen molar-refractivity contribution in [2.24, 2.45) is 0 Å². The third-order valence-corrected chi connectivity index (χ3v) is 4.45. The number of fused-ring (bicyclic) bond motifs is 1. The van der Waals surface area contributed by atoms with E-state index >= 15 is 0 Å². The molecule has 4 nitrogen and oxygen atoms in total. The first kappa shape index (κ1) is 19.0. The Bertz CT molecular complexity index is 1200. The van der Waals surface area contributed by atoms with E-state index in [1.54, 1.807) is 18.2 Å². The highest BCUT2D eigenvalue weighted by molar-refractivity contribution is 6.31. The standard InChI is InChI=1S/C21H13ClF3N3O/c22-16-8-15-19(9-17(16)24)26-11-27-21(15)28-14-4-5-20(18(25)7-14)29-10-12-2-1-3-13(23)6-12/h1-9,11H,10H2,(H,26,27,28). The van der Waals surface area contributed by atoms with Crippen molar-refractivity contribution < 1.29 is 17.9 Å². The molecule has 0 radical (unpaired) electrons. The molecule has 0 spiro atoms. The molecular formula is C21H13ClF3N3O. The Hall–Kier alpha value is -3.32. The predicted molar refractivity (Wildman–Crippen MR) is 105 cm³/mol. The minimum absolute atomic E-state index is 0.0254. The van der Waals surface area contributed by atoms with Crippen LogP contribution in [0.1, 0.15) is 5.56 Å². The third-order valence-electron chi connectivity index (χ3n) is 4.16. The van der Waals surface area contributed by atoms with Crippen LogP contribution in [0.15, 0.2) is 60.9 Å². The maximum atomic E-state index is 14.4. The summed E-state index contributed by atoms with van der Waals surface area (Å²) in [5.74, 6) is -1.20. The Kier molecular flexibility index (Phi) is 5.22. The fourth-order valence-corrected chi connectivity index (χ4v) is 2.93. The Morgan fingerprint density at radius 2 is 1.79 bits per heavy atom. The van der Waals surface area contributed by atoms with E-state index in [2.05, 4.69) is 15.3 Å². The average Bonchev–Trinajstić information content (AvgIpc) is 2.69. The van der Waals surface area contributed by atoms with Crippen molar-refractivity contribution in [3.63, 3.8) is 0 Å². The highest BCUT2D eigenvalue weighted by Crippen LogP contribution is 2.29. The minimum Gasteiger partial charge on any atom is -0.486 e. The van der Waals surface area contributed by atoms with E-state index in [0.29, 0.717) is 28.0 Å². The van der Waals surface area contributed by atoms with Gasteiger partial charge >= 0.3 is 0 Å². The number of hydrogen-bond acceptors (Lipinski definition) is 4. The summed E-state index contributed by atoms with van der Waals surface area (Å²) < 4.78 is 46.7. The zero-order valence-corrected chi connectivity index (χ0v) is 15.6. The van der Waals surface area contributed by atoms with Crippen molar-refractivity contribution in [3.8, 4) is 5.75 Å². The van der Waals surface area contributed by atoms with Crippen LogP contribution in [0.3, 0.4) is 0 Å². The van der Waals surface area contributed by atoms with Gasteiger partial charge in [-0.3, -0.25) is 0 Å². The van der Waals surface area contributed by atoms with E-state index in [1.165, 1.54) is 42.7 Å². The van der Waals surface area contributed by atoms with Crippen LogP contribution in [-0.2, 0) is 6.61 Å². The lowest BCUT2D eigenvalue weighted by molar-refractivity contribution is 0.290. The van der Waals surface area contributed by atoms with E-state index in [0.717, 1.165) is 0 Å². The second-order valence-corrected chi connectivity index (χ2v) is 6.60. The fourth-order valence-electron chi connectivity index (χ4n) is 2.77. The van der Waals surface area contributed by atoms with Crippen molar-refractivity contribution in [3.05, 3.63) is 89.0 Å². The number of ether oxygens (including phenoxy) is 1. The number of hydrogen-bond donors (Lipinski definition) is 1. The number of aromatic nitrogens is 2. The van der Waals surface area contributed by atoms with Gasteiger partial charge in [0.15, 0.2) is 11.6 Å². The van der Waals surface area contributed by atoms with Crippen LogP contribution < -0.4 is 10.1 Å². The van der Waals surface area contributed by atoms with Crippen LogP contribution in [-0.4, -0.2) is 9.97 Å². The summed E-state index contributed by atoms with van der Waals surface area (Å²) in [6.07, 6.45) is 1.27. The summed E-state index contributed by atoms with van der Waals surface area (Å²) in [5.41, 5.74) is 1.35. The van der Waals surface area contributed by atoms with Crippen LogP contribution in [0.4, 0.5) is 24.7 Å². The first-order valence-electron chi connectivity index (χ1n) is 8.53. The van der Waals surface area contributed by atoms with Crippen molar-refractivity contribution >= 4 is 34.0 Å². The molecule has 29 heavy (non-hydrogen) atoms. The van der Waals surface area contributed by atoms with Crippen molar-refractivity contribution in [2.75, 3.05) is 5.32 Å². The molecule has 0 bridgehead atoms. The van der Waals surface area contributed by atoms with Gasteiger partial charge < -0.3 is 10.1 Å². The van der Waals surface area contributed by atoms with Crippen LogP contribution >= 0.6 is 11.6 Å². The molecule has 0 fully saturated rings. The molecule has 0 aliphatic carbocycles. The molecule has 8 heteroatoms. The molecule has 0 atom stereocenters. The zero-order chi connectivity index (χ0) is 20.4. The van der Waals surface area contributed by atoms with Gasteiger partial charge in [0.25, 0.3) is 0 Å². The number of halogens is 4. The first-order chi connectivity index (χ1) is 14.0. The lowest BCUT2D eigenvalue weighted by Crippen LogP contribution is -2.00. The van der Waals surface area contributed by atoms with Gasteiger partial charge in [0.2, 0.25) is 0 Å². The SMILES string of the molecule is Fc1cccc(COc2ccc(Nc3ncnc4cc(F)c(Cl)cc34)cc2F)c1. The van der Waals surface area contributed by atoms with Gasteiger partial charge in [-0.2, -0.15) is 0 Å². The fraction of sp³-hybridized carbons (Fsp3) is 0.0476. The van der Waals surface area contributed by atoms with E-state index in [4.69, 9.17) is 16.3 Å². The van der Waals surface area contributed by atoms with Gasteiger partial charge in [-0.05, 0) is 35.9 Å². The third kappa shape index (κ3) is 4.25. The van der Waals surface area contributed by atoms with Crippen LogP contribution in [0.2, 0.25) is 5.02 Å². The molecule has 0 unspecified atom stereocenters. The summed E-state index contributed by atoms with van der Waals surface area (Å²) in [6.45, 7) is 0.0298. The molecule has 1 N–H and O–H groups in total. The van der Waals surface area contributed by atoms with Crippen molar-refractivity contribution in [1.82, 2.24) is 9.97 Å². The molecule has 4 aromatic rings. The second-order valence-electron chi connectivity index (χ2n) is 6.19. The second kappa shape index (κ2) is 7.97. The summed E-state index contributed by atoms with van der Waals surface area (Å²) in [5, 5.41) is 3.39. The highest BCUT2D eigenvalue weighted by Gasteiger charge is 2.11. The summed E-state index contributed by atoms with van der Waals surface area (Å²) in [4.78, 5) is 8.12. The minimum atomic E-state index is -0.603.